The van der Waals surface area contributed by atoms with Crippen LogP contribution < -0.4 is 0 Å². The summed E-state index contributed by atoms with van der Waals surface area (Å²) in [5, 5.41) is 9.68. The minimum Gasteiger partial charge on any atom is -0.508 e. The van der Waals surface area contributed by atoms with E-state index in [-0.39, 0.29) is 0 Å². The highest BCUT2D eigenvalue weighted by Crippen LogP contribution is 2.24. The fraction of sp³-hybridized carbons (Fsp3) is 0.600. The molecule has 16 heavy (non-hydrogen) atoms. The average Bonchev–Trinajstić information content (AvgIpc) is 2.25. The Hall–Kier alpha value is -0.980. The first-order valence-electron chi connectivity index (χ1n) is 6.40. The number of hydrogen-bond donors (Lipinski definition) is 1. The van der Waals surface area contributed by atoms with Gasteiger partial charge in [-0.1, -0.05) is 45.4 Å². The summed E-state index contributed by atoms with van der Waals surface area (Å²) in [5.41, 5.74) is 1.09. The van der Waals surface area contributed by atoms with Crippen LogP contribution in [0.3, 0.4) is 0 Å². The number of benzene rings is 1. The molecule has 0 fully saturated rings. The summed E-state index contributed by atoms with van der Waals surface area (Å²) in [5.74, 6) is 2.01. The first kappa shape index (κ1) is 13.1. The second-order valence-electron chi connectivity index (χ2n) is 5.07. The molecule has 1 aromatic carbocycles. The van der Waals surface area contributed by atoms with Gasteiger partial charge >= 0.3 is 0 Å². The van der Waals surface area contributed by atoms with Crippen LogP contribution in [0, 0.1) is 11.8 Å². The van der Waals surface area contributed by atoms with Gasteiger partial charge in [-0.15, -0.1) is 0 Å². The Labute approximate surface area is 99.5 Å². The molecular formula is C15H24O. The van der Waals surface area contributed by atoms with Crippen LogP contribution in [0.15, 0.2) is 24.3 Å². The molecule has 1 atom stereocenters. The van der Waals surface area contributed by atoms with Crippen molar-refractivity contribution < 1.29 is 5.11 Å². The fourth-order valence-corrected chi connectivity index (χ4v) is 2.24. The van der Waals surface area contributed by atoms with Crippen molar-refractivity contribution in [3.8, 4) is 5.75 Å². The van der Waals surface area contributed by atoms with E-state index in [0.717, 1.165) is 23.8 Å². The standard InChI is InChI=1S/C15H24O/c1-4-13(11-12(2)3)9-10-14-7-5-6-8-15(14)16/h5-8,12-13,16H,4,9-11H2,1-3H3. The molecule has 1 nitrogen and oxygen atoms in total. The number of para-hydroxylation sites is 1. The molecule has 0 amide bonds. The zero-order valence-corrected chi connectivity index (χ0v) is 10.7. The van der Waals surface area contributed by atoms with Gasteiger partial charge in [-0.2, -0.15) is 0 Å². The highest BCUT2D eigenvalue weighted by atomic mass is 16.3. The van der Waals surface area contributed by atoms with Crippen LogP contribution in [0.5, 0.6) is 5.75 Å². The van der Waals surface area contributed by atoms with E-state index in [2.05, 4.69) is 20.8 Å². The summed E-state index contributed by atoms with van der Waals surface area (Å²) in [6, 6.07) is 7.68. The summed E-state index contributed by atoms with van der Waals surface area (Å²) in [6.07, 6.45) is 4.72. The largest absolute Gasteiger partial charge is 0.508 e. The van der Waals surface area contributed by atoms with Crippen LogP contribution in [-0.4, -0.2) is 5.11 Å². The van der Waals surface area contributed by atoms with Crippen LogP contribution in [-0.2, 0) is 6.42 Å². The van der Waals surface area contributed by atoms with Crippen LogP contribution in [0.4, 0.5) is 0 Å². The molecule has 1 N–H and O–H groups in total. The first-order valence-corrected chi connectivity index (χ1v) is 6.40. The van der Waals surface area contributed by atoms with Crippen molar-refractivity contribution in [1.29, 1.82) is 0 Å². The van der Waals surface area contributed by atoms with Crippen molar-refractivity contribution in [3.05, 3.63) is 29.8 Å². The van der Waals surface area contributed by atoms with E-state index in [1.54, 1.807) is 6.07 Å². The highest BCUT2D eigenvalue weighted by molar-refractivity contribution is 5.31. The molecule has 0 aromatic heterocycles. The molecule has 0 radical (unpaired) electrons. The molecular weight excluding hydrogens is 196 g/mol. The maximum Gasteiger partial charge on any atom is 0.118 e. The van der Waals surface area contributed by atoms with Gasteiger partial charge in [0.15, 0.2) is 0 Å². The van der Waals surface area contributed by atoms with Gasteiger partial charge in [0, 0.05) is 0 Å². The van der Waals surface area contributed by atoms with E-state index < -0.39 is 0 Å². The summed E-state index contributed by atoms with van der Waals surface area (Å²) < 4.78 is 0. The molecule has 0 aliphatic heterocycles. The number of phenolic OH excluding ortho intramolecular Hbond substituents is 1. The Morgan fingerprint density at radius 2 is 1.88 bits per heavy atom. The van der Waals surface area contributed by atoms with Crippen LogP contribution >= 0.6 is 0 Å². The van der Waals surface area contributed by atoms with Crippen molar-refractivity contribution in [2.45, 2.75) is 46.5 Å². The van der Waals surface area contributed by atoms with Gasteiger partial charge in [-0.25, -0.2) is 0 Å². The quantitative estimate of drug-likeness (QED) is 0.753. The van der Waals surface area contributed by atoms with Crippen molar-refractivity contribution in [2.24, 2.45) is 11.8 Å². The molecule has 0 aliphatic rings. The topological polar surface area (TPSA) is 20.2 Å². The molecule has 0 spiro atoms. The lowest BCUT2D eigenvalue weighted by atomic mass is 9.89. The molecule has 0 bridgehead atoms. The zero-order valence-electron chi connectivity index (χ0n) is 10.7. The summed E-state index contributed by atoms with van der Waals surface area (Å²) in [7, 11) is 0. The van der Waals surface area contributed by atoms with Gasteiger partial charge in [-0.3, -0.25) is 0 Å². The van der Waals surface area contributed by atoms with Crippen molar-refractivity contribution in [3.63, 3.8) is 0 Å². The van der Waals surface area contributed by atoms with Gasteiger partial charge in [0.25, 0.3) is 0 Å². The number of hydrogen-bond acceptors (Lipinski definition) is 1. The lowest BCUT2D eigenvalue weighted by molar-refractivity contribution is 0.373. The molecule has 0 aliphatic carbocycles. The Bertz CT molecular complexity index is 304. The molecule has 1 unspecified atom stereocenters. The zero-order chi connectivity index (χ0) is 12.0. The molecule has 0 saturated heterocycles. The predicted molar refractivity (Wildman–Crippen MR) is 69.7 cm³/mol. The molecule has 0 heterocycles. The van der Waals surface area contributed by atoms with Crippen LogP contribution in [0.1, 0.15) is 45.6 Å². The Kier molecular flexibility index (Phi) is 5.37. The number of aromatic hydroxyl groups is 1. The third-order valence-electron chi connectivity index (χ3n) is 3.20. The summed E-state index contributed by atoms with van der Waals surface area (Å²) >= 11 is 0. The second kappa shape index (κ2) is 6.57. The van der Waals surface area contributed by atoms with Gasteiger partial charge in [0.05, 0.1) is 0 Å². The Morgan fingerprint density at radius 3 is 2.44 bits per heavy atom. The molecule has 90 valence electrons. The average molecular weight is 220 g/mol. The molecule has 0 saturated carbocycles. The fourth-order valence-electron chi connectivity index (χ4n) is 2.24. The SMILES string of the molecule is CCC(CCc1ccccc1O)CC(C)C. The van der Waals surface area contributed by atoms with E-state index in [9.17, 15) is 5.11 Å². The van der Waals surface area contributed by atoms with Crippen molar-refractivity contribution >= 4 is 0 Å². The van der Waals surface area contributed by atoms with Crippen LogP contribution in [0.2, 0.25) is 0 Å². The van der Waals surface area contributed by atoms with E-state index in [0.29, 0.717) is 5.75 Å². The normalized spacial score (nSPS) is 13.0. The second-order valence-corrected chi connectivity index (χ2v) is 5.07. The van der Waals surface area contributed by atoms with Gasteiger partial charge < -0.3 is 5.11 Å². The lowest BCUT2D eigenvalue weighted by Crippen LogP contribution is -2.05. The van der Waals surface area contributed by atoms with E-state index >= 15 is 0 Å². The number of phenols is 1. The maximum atomic E-state index is 9.68. The van der Waals surface area contributed by atoms with E-state index in [1.807, 2.05) is 18.2 Å². The van der Waals surface area contributed by atoms with Gasteiger partial charge in [-0.05, 0) is 42.7 Å². The summed E-state index contributed by atoms with van der Waals surface area (Å²) in [6.45, 7) is 6.82. The number of rotatable bonds is 6. The molecule has 1 aromatic rings. The Balaban J connectivity index is 2.46. The third kappa shape index (κ3) is 4.26. The summed E-state index contributed by atoms with van der Waals surface area (Å²) in [4.78, 5) is 0. The smallest absolute Gasteiger partial charge is 0.118 e. The predicted octanol–water partition coefficient (Wildman–Crippen LogP) is 4.40. The Morgan fingerprint density at radius 1 is 1.19 bits per heavy atom. The third-order valence-corrected chi connectivity index (χ3v) is 3.20. The first-order chi connectivity index (χ1) is 7.63. The van der Waals surface area contributed by atoms with E-state index in [4.69, 9.17) is 0 Å². The lowest BCUT2D eigenvalue weighted by Gasteiger charge is -2.17. The van der Waals surface area contributed by atoms with Crippen LogP contribution in [0.25, 0.3) is 0 Å². The highest BCUT2D eigenvalue weighted by Gasteiger charge is 2.10. The van der Waals surface area contributed by atoms with Crippen molar-refractivity contribution in [1.82, 2.24) is 0 Å². The monoisotopic (exact) mass is 220 g/mol. The van der Waals surface area contributed by atoms with Gasteiger partial charge in [0.1, 0.15) is 5.75 Å². The van der Waals surface area contributed by atoms with E-state index in [1.165, 1.54) is 19.3 Å². The number of aryl methyl sites for hydroxylation is 1. The minimum absolute atomic E-state index is 0.446. The van der Waals surface area contributed by atoms with Gasteiger partial charge in [0.2, 0.25) is 0 Å². The molecule has 1 heteroatoms. The molecule has 1 rings (SSSR count). The van der Waals surface area contributed by atoms with Crippen molar-refractivity contribution in [2.75, 3.05) is 0 Å². The maximum absolute atomic E-state index is 9.68. The minimum atomic E-state index is 0.446.